The summed E-state index contributed by atoms with van der Waals surface area (Å²) in [4.78, 5) is 47.5. The Morgan fingerprint density at radius 2 is 1.82 bits per heavy atom. The number of nitrogens with zero attached hydrogens (tertiary/aromatic N) is 4. The van der Waals surface area contributed by atoms with Crippen LogP contribution < -0.4 is 4.90 Å². The monoisotopic (exact) mass is 414 g/mol. The lowest BCUT2D eigenvalue weighted by atomic mass is 10.1. The molecule has 2 rings (SSSR count). The third kappa shape index (κ3) is 5.22. The molecule has 11 heteroatoms. The van der Waals surface area contributed by atoms with Gasteiger partial charge in [-0.05, 0) is 32.4 Å². The minimum absolute atomic E-state index is 0.0246. The number of aromatic nitrogens is 2. The van der Waals surface area contributed by atoms with Crippen molar-refractivity contribution in [3.63, 3.8) is 0 Å². The Labute approximate surface area is 167 Å². The van der Waals surface area contributed by atoms with Crippen LogP contribution in [0.15, 0.2) is 6.07 Å². The van der Waals surface area contributed by atoms with Gasteiger partial charge in [0.05, 0.1) is 20.8 Å². The Morgan fingerprint density at radius 3 is 2.39 bits per heavy atom. The van der Waals surface area contributed by atoms with Crippen LogP contribution in [0.1, 0.15) is 31.3 Å². The maximum atomic E-state index is 12.4. The fourth-order valence-corrected chi connectivity index (χ4v) is 2.83. The molecule has 28 heavy (non-hydrogen) atoms. The Balaban J connectivity index is 2.30. The van der Waals surface area contributed by atoms with Gasteiger partial charge in [0.1, 0.15) is 17.5 Å². The summed E-state index contributed by atoms with van der Waals surface area (Å²) in [5.74, 6) is -1.00. The van der Waals surface area contributed by atoms with E-state index in [2.05, 4.69) is 14.7 Å². The molecule has 0 radical (unpaired) electrons. The highest BCUT2D eigenvalue weighted by molar-refractivity contribution is 6.28. The molecule has 1 aliphatic rings. The molecule has 0 aromatic carbocycles. The molecule has 154 valence electrons. The normalized spacial score (nSPS) is 17.1. The summed E-state index contributed by atoms with van der Waals surface area (Å²) in [6.07, 6.45) is -0.531. The zero-order valence-corrected chi connectivity index (χ0v) is 17.1. The average molecular weight is 415 g/mol. The van der Waals surface area contributed by atoms with Gasteiger partial charge in [-0.2, -0.15) is 0 Å². The van der Waals surface area contributed by atoms with Crippen LogP contribution in [-0.2, 0) is 19.0 Å². The van der Waals surface area contributed by atoms with E-state index in [9.17, 15) is 14.4 Å². The quantitative estimate of drug-likeness (QED) is 0.412. The molecule has 1 amide bonds. The summed E-state index contributed by atoms with van der Waals surface area (Å²) in [7, 11) is 2.47. The van der Waals surface area contributed by atoms with Gasteiger partial charge in [0.15, 0.2) is 5.69 Å². The van der Waals surface area contributed by atoms with Crippen molar-refractivity contribution < 1.29 is 28.6 Å². The summed E-state index contributed by atoms with van der Waals surface area (Å²) in [6, 6.07) is 0.513. The molecule has 0 aliphatic carbocycles. The van der Waals surface area contributed by atoms with Crippen molar-refractivity contribution in [2.24, 2.45) is 0 Å². The van der Waals surface area contributed by atoms with Crippen molar-refractivity contribution in [1.82, 2.24) is 14.9 Å². The van der Waals surface area contributed by atoms with Gasteiger partial charge in [-0.15, -0.1) is 0 Å². The molecule has 1 atom stereocenters. The van der Waals surface area contributed by atoms with Crippen molar-refractivity contribution >= 4 is 35.5 Å². The summed E-state index contributed by atoms with van der Waals surface area (Å²) in [5, 5.41) is -0.170. The van der Waals surface area contributed by atoms with E-state index in [0.717, 1.165) is 0 Å². The summed E-state index contributed by atoms with van der Waals surface area (Å²) in [6.45, 7) is 5.82. The van der Waals surface area contributed by atoms with Crippen molar-refractivity contribution in [3.8, 4) is 0 Å². The fraction of sp³-hybridized carbons (Fsp3) is 0.588. The maximum Gasteiger partial charge on any atom is 0.410 e. The first-order valence-corrected chi connectivity index (χ1v) is 8.89. The molecule has 0 N–H and O–H groups in total. The zero-order valence-electron chi connectivity index (χ0n) is 16.4. The summed E-state index contributed by atoms with van der Waals surface area (Å²) in [5.41, 5.74) is -0.708. The molecule has 1 fully saturated rings. The van der Waals surface area contributed by atoms with E-state index in [1.54, 1.807) is 25.7 Å². The molecule has 1 aromatic rings. The number of halogens is 1. The van der Waals surface area contributed by atoms with Gasteiger partial charge >= 0.3 is 18.0 Å². The highest BCUT2D eigenvalue weighted by Gasteiger charge is 2.37. The third-order valence-corrected chi connectivity index (χ3v) is 4.05. The molecular formula is C17H23ClN4O6. The summed E-state index contributed by atoms with van der Waals surface area (Å²) >= 11 is 5.93. The number of hydrogen-bond acceptors (Lipinski definition) is 9. The van der Waals surface area contributed by atoms with Crippen molar-refractivity contribution in [3.05, 3.63) is 17.0 Å². The Bertz CT molecular complexity index is 767. The van der Waals surface area contributed by atoms with E-state index < -0.39 is 29.7 Å². The molecule has 1 unspecified atom stereocenters. The standard InChI is InChI=1S/C17H23ClN4O6/c1-17(2,3)28-16(25)21-6-7-22(11(9-21)14(24)27-5)12-8-10(13(23)26-4)19-15(18)20-12/h8,11H,6-7,9H2,1-5H3. The lowest BCUT2D eigenvalue weighted by molar-refractivity contribution is -0.143. The molecule has 1 aliphatic heterocycles. The third-order valence-electron chi connectivity index (χ3n) is 3.88. The molecule has 0 bridgehead atoms. The minimum atomic E-state index is -0.859. The van der Waals surface area contributed by atoms with Crippen molar-refractivity contribution in [1.29, 1.82) is 0 Å². The van der Waals surface area contributed by atoms with Gasteiger partial charge in [0, 0.05) is 19.2 Å². The first-order chi connectivity index (χ1) is 13.1. The topological polar surface area (TPSA) is 111 Å². The Hall–Kier alpha value is -2.62. The van der Waals surface area contributed by atoms with Crippen LogP contribution in [0.3, 0.4) is 0 Å². The molecule has 10 nitrogen and oxygen atoms in total. The first kappa shape index (κ1) is 21.7. The smallest absolute Gasteiger partial charge is 0.410 e. The number of esters is 2. The second-order valence-electron chi connectivity index (χ2n) is 7.03. The van der Waals surface area contributed by atoms with Crippen LogP contribution in [0, 0.1) is 0 Å². The maximum absolute atomic E-state index is 12.4. The number of piperazine rings is 1. The number of anilines is 1. The molecule has 2 heterocycles. The number of methoxy groups -OCH3 is 2. The van der Waals surface area contributed by atoms with Crippen LogP contribution in [-0.4, -0.2) is 78.4 Å². The lowest BCUT2D eigenvalue weighted by Gasteiger charge is -2.40. The van der Waals surface area contributed by atoms with E-state index in [0.29, 0.717) is 0 Å². The molecule has 0 saturated carbocycles. The molecular weight excluding hydrogens is 392 g/mol. The SMILES string of the molecule is COC(=O)c1cc(N2CCN(C(=O)OC(C)(C)C)CC2C(=O)OC)nc(Cl)n1. The van der Waals surface area contributed by atoms with E-state index in [-0.39, 0.29) is 36.4 Å². The van der Waals surface area contributed by atoms with Crippen LogP contribution in [0.25, 0.3) is 0 Å². The second kappa shape index (κ2) is 8.59. The molecule has 1 saturated heterocycles. The lowest BCUT2D eigenvalue weighted by Crippen LogP contribution is -2.59. The van der Waals surface area contributed by atoms with Crippen LogP contribution >= 0.6 is 11.6 Å². The van der Waals surface area contributed by atoms with E-state index in [1.807, 2.05) is 0 Å². The van der Waals surface area contributed by atoms with Crippen molar-refractivity contribution in [2.75, 3.05) is 38.8 Å². The van der Waals surface area contributed by atoms with Crippen LogP contribution in [0.4, 0.5) is 10.6 Å². The number of ether oxygens (including phenoxy) is 3. The van der Waals surface area contributed by atoms with Crippen molar-refractivity contribution in [2.45, 2.75) is 32.4 Å². The van der Waals surface area contributed by atoms with Gasteiger partial charge in [-0.3, -0.25) is 0 Å². The highest BCUT2D eigenvalue weighted by atomic mass is 35.5. The number of carbonyl (C=O) groups excluding carboxylic acids is 3. The predicted octanol–water partition coefficient (Wildman–Crippen LogP) is 1.52. The Kier molecular flexibility index (Phi) is 6.65. The largest absolute Gasteiger partial charge is 0.467 e. The van der Waals surface area contributed by atoms with Crippen LogP contribution in [0.5, 0.6) is 0 Å². The number of hydrogen-bond donors (Lipinski definition) is 0. The summed E-state index contributed by atoms with van der Waals surface area (Å²) < 4.78 is 14.9. The van der Waals surface area contributed by atoms with Gasteiger partial charge in [-0.1, -0.05) is 0 Å². The van der Waals surface area contributed by atoms with E-state index >= 15 is 0 Å². The van der Waals surface area contributed by atoms with Gasteiger partial charge < -0.3 is 24.0 Å². The fourth-order valence-electron chi connectivity index (χ4n) is 2.65. The van der Waals surface area contributed by atoms with Gasteiger partial charge in [-0.25, -0.2) is 24.4 Å². The minimum Gasteiger partial charge on any atom is -0.467 e. The first-order valence-electron chi connectivity index (χ1n) is 8.51. The Morgan fingerprint density at radius 1 is 1.14 bits per heavy atom. The van der Waals surface area contributed by atoms with E-state index in [1.165, 1.54) is 25.2 Å². The molecule has 0 spiro atoms. The molecule has 1 aromatic heterocycles. The average Bonchev–Trinajstić information content (AvgIpc) is 2.64. The predicted molar refractivity (Wildman–Crippen MR) is 99.3 cm³/mol. The number of rotatable bonds is 3. The van der Waals surface area contributed by atoms with E-state index in [4.69, 9.17) is 21.1 Å². The highest BCUT2D eigenvalue weighted by Crippen LogP contribution is 2.23. The zero-order chi connectivity index (χ0) is 21.1. The van der Waals surface area contributed by atoms with Crippen LogP contribution in [0.2, 0.25) is 5.28 Å². The van der Waals surface area contributed by atoms with Gasteiger partial charge in [0.25, 0.3) is 0 Å². The number of carbonyl (C=O) groups is 3. The van der Waals surface area contributed by atoms with Gasteiger partial charge in [0.2, 0.25) is 5.28 Å². The second-order valence-corrected chi connectivity index (χ2v) is 7.37. The number of amides is 1.